The van der Waals surface area contributed by atoms with Crippen LogP contribution < -0.4 is 5.32 Å². The number of carbonyl (C=O) groups is 2. The second-order valence-corrected chi connectivity index (χ2v) is 5.24. The maximum atomic E-state index is 11.3. The highest BCUT2D eigenvalue weighted by atomic mass is 16.5. The van der Waals surface area contributed by atoms with Gasteiger partial charge in [-0.1, -0.05) is 11.6 Å². The Hall–Kier alpha value is -1.36. The lowest BCUT2D eigenvalue weighted by atomic mass is 9.90. The van der Waals surface area contributed by atoms with E-state index < -0.39 is 0 Å². The number of amides is 1. The monoisotopic (exact) mass is 269 g/mol. The fraction of sp³-hybridized carbons (Fsp3) is 0.714. The second kappa shape index (κ2) is 6.70. The number of carbonyl (C=O) groups excluding carboxylic acids is 2. The van der Waals surface area contributed by atoms with Gasteiger partial charge in [0.2, 0.25) is 5.91 Å². The Bertz CT molecular complexity index is 376. The molecule has 0 radical (unpaired) electrons. The Balaban J connectivity index is 2.93. The van der Waals surface area contributed by atoms with E-state index in [1.165, 1.54) is 13.8 Å². The molecule has 1 amide bonds. The smallest absolute Gasteiger partial charge is 0.302 e. The van der Waals surface area contributed by atoms with Gasteiger partial charge >= 0.3 is 5.97 Å². The van der Waals surface area contributed by atoms with E-state index in [2.05, 4.69) is 5.32 Å². The molecule has 1 rings (SSSR count). The van der Waals surface area contributed by atoms with Gasteiger partial charge in [-0.2, -0.15) is 0 Å². The molecular formula is C14H23NO4. The molecule has 1 aliphatic rings. The van der Waals surface area contributed by atoms with Crippen LogP contribution in [0.4, 0.5) is 0 Å². The first-order chi connectivity index (χ1) is 8.79. The summed E-state index contributed by atoms with van der Waals surface area (Å²) in [6.07, 6.45) is 1.97. The zero-order chi connectivity index (χ0) is 14.6. The number of hydrogen-bond acceptors (Lipinski definition) is 4. The summed E-state index contributed by atoms with van der Waals surface area (Å²) >= 11 is 0. The highest BCUT2D eigenvalue weighted by Crippen LogP contribution is 2.24. The Labute approximate surface area is 114 Å². The van der Waals surface area contributed by atoms with Crippen molar-refractivity contribution in [3.63, 3.8) is 0 Å². The largest absolute Gasteiger partial charge is 0.460 e. The summed E-state index contributed by atoms with van der Waals surface area (Å²) in [7, 11) is 0. The third-order valence-electron chi connectivity index (χ3n) is 2.84. The summed E-state index contributed by atoms with van der Waals surface area (Å²) in [5, 5.41) is 2.83. The van der Waals surface area contributed by atoms with Crippen LogP contribution in [0, 0.1) is 0 Å². The molecule has 0 spiro atoms. The average Bonchev–Trinajstić information content (AvgIpc) is 2.20. The second-order valence-electron chi connectivity index (χ2n) is 5.24. The molecule has 0 aromatic carbocycles. The quantitative estimate of drug-likeness (QED) is 0.621. The van der Waals surface area contributed by atoms with E-state index in [1.807, 2.05) is 26.8 Å². The van der Waals surface area contributed by atoms with Crippen LogP contribution in [0.25, 0.3) is 0 Å². The molecule has 1 N–H and O–H groups in total. The molecule has 19 heavy (non-hydrogen) atoms. The zero-order valence-electron chi connectivity index (χ0n) is 12.2. The summed E-state index contributed by atoms with van der Waals surface area (Å²) in [4.78, 5) is 22.5. The van der Waals surface area contributed by atoms with Crippen LogP contribution in [0.15, 0.2) is 11.6 Å². The van der Waals surface area contributed by atoms with Gasteiger partial charge in [0.25, 0.3) is 0 Å². The lowest BCUT2D eigenvalue weighted by Gasteiger charge is -2.36. The van der Waals surface area contributed by atoms with E-state index >= 15 is 0 Å². The minimum absolute atomic E-state index is 0.0291. The molecular weight excluding hydrogens is 246 g/mol. The number of esters is 1. The summed E-state index contributed by atoms with van der Waals surface area (Å²) in [5.74, 6) is -0.509. The van der Waals surface area contributed by atoms with Crippen LogP contribution in [0.5, 0.6) is 0 Å². The molecule has 0 unspecified atom stereocenters. The normalized spacial score (nSPS) is 26.8. The first-order valence-electron chi connectivity index (χ1n) is 6.56. The fourth-order valence-corrected chi connectivity index (χ4v) is 2.28. The van der Waals surface area contributed by atoms with Gasteiger partial charge in [-0.3, -0.25) is 9.59 Å². The van der Waals surface area contributed by atoms with Gasteiger partial charge < -0.3 is 14.8 Å². The van der Waals surface area contributed by atoms with Crippen LogP contribution in [-0.2, 0) is 19.1 Å². The molecule has 108 valence electrons. The van der Waals surface area contributed by atoms with Crippen LogP contribution in [0.2, 0.25) is 0 Å². The molecule has 0 aromatic rings. The molecule has 0 heterocycles. The molecule has 0 aliphatic heterocycles. The third kappa shape index (κ3) is 5.03. The Kier molecular flexibility index (Phi) is 5.54. The van der Waals surface area contributed by atoms with Crippen LogP contribution in [0.3, 0.4) is 0 Å². The molecule has 0 saturated carbocycles. The molecule has 5 nitrogen and oxygen atoms in total. The van der Waals surface area contributed by atoms with Gasteiger partial charge in [0, 0.05) is 20.3 Å². The molecule has 5 heteroatoms. The van der Waals surface area contributed by atoms with Crippen molar-refractivity contribution < 1.29 is 19.1 Å². The minimum atomic E-state index is -0.379. The van der Waals surface area contributed by atoms with Crippen LogP contribution in [-0.4, -0.2) is 36.2 Å². The predicted molar refractivity (Wildman–Crippen MR) is 71.5 cm³/mol. The van der Waals surface area contributed by atoms with Crippen molar-refractivity contribution in [1.29, 1.82) is 0 Å². The number of ether oxygens (including phenoxy) is 2. The molecule has 0 fully saturated rings. The van der Waals surface area contributed by atoms with Gasteiger partial charge in [-0.25, -0.2) is 0 Å². The van der Waals surface area contributed by atoms with E-state index in [0.717, 1.165) is 5.57 Å². The molecule has 0 bridgehead atoms. The number of rotatable bonds is 4. The average molecular weight is 269 g/mol. The van der Waals surface area contributed by atoms with Crippen molar-refractivity contribution >= 4 is 11.9 Å². The van der Waals surface area contributed by atoms with E-state index in [1.54, 1.807) is 0 Å². The summed E-state index contributed by atoms with van der Waals surface area (Å²) in [6, 6.07) is -0.340. The third-order valence-corrected chi connectivity index (χ3v) is 2.84. The summed E-state index contributed by atoms with van der Waals surface area (Å²) in [6.45, 7) is 8.66. The van der Waals surface area contributed by atoms with Crippen molar-refractivity contribution in [2.75, 3.05) is 0 Å². The van der Waals surface area contributed by atoms with Gasteiger partial charge in [-0.05, 0) is 20.8 Å². The van der Waals surface area contributed by atoms with Gasteiger partial charge in [0.15, 0.2) is 0 Å². The van der Waals surface area contributed by atoms with Gasteiger partial charge in [-0.15, -0.1) is 0 Å². The lowest BCUT2D eigenvalue weighted by Crippen LogP contribution is -2.54. The maximum absolute atomic E-state index is 11.3. The topological polar surface area (TPSA) is 64.6 Å². The first-order valence-corrected chi connectivity index (χ1v) is 6.56. The van der Waals surface area contributed by atoms with Crippen LogP contribution in [0.1, 0.15) is 41.0 Å². The van der Waals surface area contributed by atoms with Crippen molar-refractivity contribution in [1.82, 2.24) is 5.32 Å². The highest BCUT2D eigenvalue weighted by Gasteiger charge is 2.36. The Morgan fingerprint density at radius 2 is 2.00 bits per heavy atom. The minimum Gasteiger partial charge on any atom is -0.460 e. The number of nitrogens with one attached hydrogen (secondary N) is 1. The highest BCUT2D eigenvalue weighted by molar-refractivity contribution is 5.73. The Morgan fingerprint density at radius 3 is 2.47 bits per heavy atom. The molecule has 0 aromatic heterocycles. The van der Waals surface area contributed by atoms with E-state index in [-0.39, 0.29) is 36.2 Å². The van der Waals surface area contributed by atoms with Crippen molar-refractivity contribution in [2.45, 2.75) is 65.4 Å². The van der Waals surface area contributed by atoms with Crippen molar-refractivity contribution in [3.05, 3.63) is 11.6 Å². The number of hydrogen-bond donors (Lipinski definition) is 1. The fourth-order valence-electron chi connectivity index (χ4n) is 2.28. The summed E-state index contributed by atoms with van der Waals surface area (Å²) < 4.78 is 11.1. The summed E-state index contributed by atoms with van der Waals surface area (Å²) in [5.41, 5.74) is 1.10. The van der Waals surface area contributed by atoms with Crippen molar-refractivity contribution in [3.8, 4) is 0 Å². The van der Waals surface area contributed by atoms with E-state index in [0.29, 0.717) is 6.42 Å². The zero-order valence-corrected chi connectivity index (χ0v) is 12.2. The SMILES string of the molecule is CC(=O)N[C@H]1[C@H](OC(C)C)C=C(C)C[C@H]1OC(C)=O. The van der Waals surface area contributed by atoms with E-state index in [4.69, 9.17) is 9.47 Å². The van der Waals surface area contributed by atoms with E-state index in [9.17, 15) is 9.59 Å². The van der Waals surface area contributed by atoms with Crippen molar-refractivity contribution in [2.24, 2.45) is 0 Å². The molecule has 0 saturated heterocycles. The van der Waals surface area contributed by atoms with Gasteiger partial charge in [0.1, 0.15) is 6.10 Å². The molecule has 1 aliphatic carbocycles. The standard InChI is InChI=1S/C14H23NO4/c1-8(2)18-12-6-9(3)7-13(19-11(5)17)14(12)15-10(4)16/h6,8,12-14H,7H2,1-5H3,(H,15,16)/t12-,13-,14+/m1/s1. The molecule has 3 atom stereocenters. The van der Waals surface area contributed by atoms with Gasteiger partial charge in [0.05, 0.1) is 18.2 Å². The first kappa shape index (κ1) is 15.7. The Morgan fingerprint density at radius 1 is 1.37 bits per heavy atom. The lowest BCUT2D eigenvalue weighted by molar-refractivity contribution is -0.152. The predicted octanol–water partition coefficient (Wildman–Crippen LogP) is 1.57. The maximum Gasteiger partial charge on any atom is 0.302 e. The van der Waals surface area contributed by atoms with Crippen LogP contribution >= 0.6 is 0 Å².